The van der Waals surface area contributed by atoms with Crippen molar-refractivity contribution in [3.05, 3.63) is 33.8 Å². The van der Waals surface area contributed by atoms with Crippen LogP contribution in [0.5, 0.6) is 0 Å². The number of rotatable bonds is 1. The second-order valence-electron chi connectivity index (χ2n) is 2.34. The van der Waals surface area contributed by atoms with Gasteiger partial charge in [0.15, 0.2) is 0 Å². The minimum absolute atomic E-state index is 0.126. The van der Waals surface area contributed by atoms with E-state index in [0.29, 0.717) is 5.02 Å². The molecule has 0 nitrogen and oxygen atoms in total. The van der Waals surface area contributed by atoms with Gasteiger partial charge in [0.2, 0.25) is 0 Å². The molecule has 0 aliphatic carbocycles. The van der Waals surface area contributed by atoms with E-state index in [4.69, 9.17) is 23.2 Å². The highest BCUT2D eigenvalue weighted by Crippen LogP contribution is 2.29. The quantitative estimate of drug-likeness (QED) is 0.661. The van der Waals surface area contributed by atoms with E-state index in [1.165, 1.54) is 0 Å². The molecule has 0 N–H and O–H groups in total. The lowest BCUT2D eigenvalue weighted by atomic mass is 10.2. The van der Waals surface area contributed by atoms with Gasteiger partial charge < -0.3 is 0 Å². The van der Waals surface area contributed by atoms with Crippen LogP contribution in [0.3, 0.4) is 0 Å². The van der Waals surface area contributed by atoms with Gasteiger partial charge in [-0.1, -0.05) is 23.2 Å². The van der Waals surface area contributed by atoms with Gasteiger partial charge in [0.1, 0.15) is 0 Å². The number of benzene rings is 1. The van der Waals surface area contributed by atoms with Crippen molar-refractivity contribution in [3.8, 4) is 0 Å². The third-order valence-corrected chi connectivity index (χ3v) is 2.27. The van der Waals surface area contributed by atoms with Crippen molar-refractivity contribution in [2.75, 3.05) is 0 Å². The molecule has 3 heteroatoms. The van der Waals surface area contributed by atoms with Crippen LogP contribution >= 0.6 is 35.8 Å². The van der Waals surface area contributed by atoms with Crippen molar-refractivity contribution in [1.82, 2.24) is 0 Å². The first-order valence-corrected chi connectivity index (χ1v) is 4.51. The SMILES string of the molecule is CC(S)c1cc(Cl)ccc1Cl. The lowest BCUT2D eigenvalue weighted by Gasteiger charge is -2.06. The zero-order valence-corrected chi connectivity index (χ0v) is 8.42. The summed E-state index contributed by atoms with van der Waals surface area (Å²) < 4.78 is 0. The molecule has 1 rings (SSSR count). The Morgan fingerprint density at radius 1 is 1.36 bits per heavy atom. The normalized spacial score (nSPS) is 13.1. The van der Waals surface area contributed by atoms with Crippen LogP contribution in [0, 0.1) is 0 Å². The third-order valence-electron chi connectivity index (χ3n) is 1.41. The van der Waals surface area contributed by atoms with Crippen molar-refractivity contribution in [1.29, 1.82) is 0 Å². The van der Waals surface area contributed by atoms with E-state index in [1.807, 2.05) is 13.0 Å². The number of hydrogen-bond donors (Lipinski definition) is 1. The average Bonchev–Trinajstić information content (AvgIpc) is 1.94. The average molecular weight is 207 g/mol. The fourth-order valence-electron chi connectivity index (χ4n) is 0.835. The minimum atomic E-state index is 0.126. The lowest BCUT2D eigenvalue weighted by Crippen LogP contribution is -1.85. The Labute approximate surface area is 81.9 Å². The molecule has 0 spiro atoms. The van der Waals surface area contributed by atoms with Crippen LogP contribution in [0.15, 0.2) is 18.2 Å². The molecule has 0 radical (unpaired) electrons. The molecule has 1 unspecified atom stereocenters. The summed E-state index contributed by atoms with van der Waals surface area (Å²) in [5.74, 6) is 0. The van der Waals surface area contributed by atoms with Crippen LogP contribution < -0.4 is 0 Å². The summed E-state index contributed by atoms with van der Waals surface area (Å²) in [6.07, 6.45) is 0. The van der Waals surface area contributed by atoms with Gasteiger partial charge in [0.25, 0.3) is 0 Å². The Morgan fingerprint density at radius 3 is 2.45 bits per heavy atom. The standard InChI is InChI=1S/C8H8Cl2S/c1-5(11)7-4-6(9)2-3-8(7)10/h2-5,11H,1H3. The van der Waals surface area contributed by atoms with E-state index < -0.39 is 0 Å². The maximum Gasteiger partial charge on any atom is 0.0450 e. The zero-order chi connectivity index (χ0) is 8.43. The highest BCUT2D eigenvalue weighted by Gasteiger charge is 2.04. The Morgan fingerprint density at radius 2 is 2.00 bits per heavy atom. The maximum absolute atomic E-state index is 5.88. The van der Waals surface area contributed by atoms with Crippen LogP contribution in [0.2, 0.25) is 10.0 Å². The Bertz CT molecular complexity index is 258. The van der Waals surface area contributed by atoms with Crippen molar-refractivity contribution in [2.24, 2.45) is 0 Å². The molecule has 60 valence electrons. The summed E-state index contributed by atoms with van der Waals surface area (Å²) in [6.45, 7) is 1.96. The molecule has 1 atom stereocenters. The van der Waals surface area contributed by atoms with Crippen LogP contribution in [0.1, 0.15) is 17.7 Å². The number of thiol groups is 1. The van der Waals surface area contributed by atoms with Gasteiger partial charge in [0.05, 0.1) is 0 Å². The summed E-state index contributed by atoms with van der Waals surface area (Å²) in [4.78, 5) is 0. The van der Waals surface area contributed by atoms with Gasteiger partial charge in [-0.05, 0) is 30.7 Å². The predicted octanol–water partition coefficient (Wildman–Crippen LogP) is 3.98. The summed E-state index contributed by atoms with van der Waals surface area (Å²) in [7, 11) is 0. The lowest BCUT2D eigenvalue weighted by molar-refractivity contribution is 1.11. The van der Waals surface area contributed by atoms with Crippen molar-refractivity contribution in [2.45, 2.75) is 12.2 Å². The molecule has 0 aromatic heterocycles. The van der Waals surface area contributed by atoms with Crippen LogP contribution in [0.4, 0.5) is 0 Å². The van der Waals surface area contributed by atoms with E-state index >= 15 is 0 Å². The molecule has 0 aliphatic rings. The van der Waals surface area contributed by atoms with Crippen molar-refractivity contribution >= 4 is 35.8 Å². The van der Waals surface area contributed by atoms with Gasteiger partial charge in [-0.25, -0.2) is 0 Å². The molecular weight excluding hydrogens is 199 g/mol. The van der Waals surface area contributed by atoms with Gasteiger partial charge >= 0.3 is 0 Å². The van der Waals surface area contributed by atoms with Crippen LogP contribution in [-0.4, -0.2) is 0 Å². The first kappa shape index (κ1) is 9.24. The fourth-order valence-corrected chi connectivity index (χ4v) is 1.59. The number of hydrogen-bond acceptors (Lipinski definition) is 1. The second-order valence-corrected chi connectivity index (χ2v) is 3.96. The molecule has 1 aromatic rings. The van der Waals surface area contributed by atoms with Gasteiger partial charge in [0, 0.05) is 15.3 Å². The first-order valence-electron chi connectivity index (χ1n) is 3.24. The van der Waals surface area contributed by atoms with E-state index in [-0.39, 0.29) is 5.25 Å². The van der Waals surface area contributed by atoms with Gasteiger partial charge in [-0.2, -0.15) is 12.6 Å². The Hall–Kier alpha value is 0.150. The smallest absolute Gasteiger partial charge is 0.0450 e. The fraction of sp³-hybridized carbons (Fsp3) is 0.250. The monoisotopic (exact) mass is 206 g/mol. The summed E-state index contributed by atoms with van der Waals surface area (Å²) in [5.41, 5.74) is 0.975. The van der Waals surface area contributed by atoms with Gasteiger partial charge in [-0.3, -0.25) is 0 Å². The largest absolute Gasteiger partial charge is 0.171 e. The topological polar surface area (TPSA) is 0 Å². The van der Waals surface area contributed by atoms with Crippen LogP contribution in [0.25, 0.3) is 0 Å². The molecule has 11 heavy (non-hydrogen) atoms. The van der Waals surface area contributed by atoms with Gasteiger partial charge in [-0.15, -0.1) is 0 Å². The molecular formula is C8H8Cl2S. The van der Waals surface area contributed by atoms with Crippen molar-refractivity contribution in [3.63, 3.8) is 0 Å². The minimum Gasteiger partial charge on any atom is -0.171 e. The summed E-state index contributed by atoms with van der Waals surface area (Å²) in [6, 6.07) is 5.39. The second kappa shape index (κ2) is 3.70. The predicted molar refractivity (Wildman–Crippen MR) is 53.9 cm³/mol. The number of halogens is 2. The highest BCUT2D eigenvalue weighted by atomic mass is 35.5. The van der Waals surface area contributed by atoms with E-state index in [0.717, 1.165) is 10.6 Å². The Kier molecular flexibility index (Phi) is 3.11. The maximum atomic E-state index is 5.88. The van der Waals surface area contributed by atoms with E-state index in [9.17, 15) is 0 Å². The third kappa shape index (κ3) is 2.29. The van der Waals surface area contributed by atoms with E-state index in [2.05, 4.69) is 12.6 Å². The molecule has 0 saturated heterocycles. The zero-order valence-electron chi connectivity index (χ0n) is 6.01. The Balaban J connectivity index is 3.13. The molecule has 1 aromatic carbocycles. The molecule has 0 heterocycles. The molecule has 0 amide bonds. The molecule has 0 aliphatic heterocycles. The molecule has 0 saturated carbocycles. The summed E-state index contributed by atoms with van der Waals surface area (Å²) >= 11 is 15.9. The van der Waals surface area contributed by atoms with E-state index in [1.54, 1.807) is 12.1 Å². The van der Waals surface area contributed by atoms with Crippen molar-refractivity contribution < 1.29 is 0 Å². The molecule has 0 bridgehead atoms. The molecule has 0 fully saturated rings. The summed E-state index contributed by atoms with van der Waals surface area (Å²) in [5, 5.41) is 1.54. The highest BCUT2D eigenvalue weighted by molar-refractivity contribution is 7.80. The van der Waals surface area contributed by atoms with Crippen LogP contribution in [-0.2, 0) is 0 Å². The first-order chi connectivity index (χ1) is 5.11.